The highest BCUT2D eigenvalue weighted by Crippen LogP contribution is 2.43. The Morgan fingerprint density at radius 2 is 2.15 bits per heavy atom. The van der Waals surface area contributed by atoms with Crippen molar-refractivity contribution in [2.24, 2.45) is 11.1 Å². The summed E-state index contributed by atoms with van der Waals surface area (Å²) in [6.45, 7) is 5.00. The maximum absolute atomic E-state index is 13.4. The van der Waals surface area contributed by atoms with E-state index in [2.05, 4.69) is 23.4 Å². The number of halogens is 1. The van der Waals surface area contributed by atoms with Crippen LogP contribution in [0.5, 0.6) is 0 Å². The molecule has 1 aliphatic rings. The molecule has 108 valence electrons. The van der Waals surface area contributed by atoms with Gasteiger partial charge in [-0.1, -0.05) is 6.42 Å². The summed E-state index contributed by atoms with van der Waals surface area (Å²) >= 11 is 0. The van der Waals surface area contributed by atoms with Crippen LogP contribution in [0.2, 0.25) is 0 Å². The lowest BCUT2D eigenvalue weighted by Gasteiger charge is -2.41. The molecule has 0 bridgehead atoms. The molecule has 0 radical (unpaired) electrons. The van der Waals surface area contributed by atoms with Crippen molar-refractivity contribution in [3.05, 3.63) is 29.8 Å². The van der Waals surface area contributed by atoms with Gasteiger partial charge in [0.25, 0.3) is 0 Å². The number of fused-ring (bicyclic) bond motifs is 1. The minimum Gasteiger partial charge on any atom is -0.330 e. The quantitative estimate of drug-likeness (QED) is 0.929. The number of imidazole rings is 1. The van der Waals surface area contributed by atoms with Gasteiger partial charge in [-0.2, -0.15) is 0 Å². The molecule has 0 unspecified atom stereocenters. The van der Waals surface area contributed by atoms with Crippen LogP contribution in [0.1, 0.15) is 45.0 Å². The van der Waals surface area contributed by atoms with Gasteiger partial charge in [-0.05, 0) is 50.8 Å². The first-order chi connectivity index (χ1) is 9.54. The molecule has 0 saturated heterocycles. The van der Waals surface area contributed by atoms with Crippen LogP contribution in [0.4, 0.5) is 4.39 Å². The van der Waals surface area contributed by atoms with Crippen molar-refractivity contribution in [3.63, 3.8) is 0 Å². The predicted octanol–water partition coefficient (Wildman–Crippen LogP) is 3.43. The third kappa shape index (κ3) is 2.12. The molecule has 3 rings (SSSR count). The van der Waals surface area contributed by atoms with Gasteiger partial charge in [0, 0.05) is 18.5 Å². The van der Waals surface area contributed by atoms with Crippen LogP contribution >= 0.6 is 0 Å². The zero-order valence-electron chi connectivity index (χ0n) is 12.2. The maximum Gasteiger partial charge on any atom is 0.125 e. The molecule has 20 heavy (non-hydrogen) atoms. The first-order valence-corrected chi connectivity index (χ1v) is 7.41. The van der Waals surface area contributed by atoms with E-state index in [4.69, 9.17) is 5.73 Å². The number of nitrogens with zero attached hydrogens (tertiary/aromatic N) is 2. The topological polar surface area (TPSA) is 43.8 Å². The molecule has 0 amide bonds. The molecular weight excluding hydrogens is 253 g/mol. The highest BCUT2D eigenvalue weighted by atomic mass is 19.1. The summed E-state index contributed by atoms with van der Waals surface area (Å²) in [5.41, 5.74) is 7.95. The van der Waals surface area contributed by atoms with E-state index < -0.39 is 0 Å². The summed E-state index contributed by atoms with van der Waals surface area (Å²) in [4.78, 5) is 4.68. The fraction of sp³-hybridized carbons (Fsp3) is 0.562. The van der Waals surface area contributed by atoms with E-state index in [1.54, 1.807) is 0 Å². The Morgan fingerprint density at radius 3 is 2.70 bits per heavy atom. The van der Waals surface area contributed by atoms with Crippen LogP contribution in [0.15, 0.2) is 18.2 Å². The fourth-order valence-corrected chi connectivity index (χ4v) is 3.29. The molecule has 1 heterocycles. The highest BCUT2D eigenvalue weighted by molar-refractivity contribution is 5.76. The SMILES string of the molecule is CC(C)n1c(CC2(CN)CCC2)nc2cc(F)ccc21. The van der Waals surface area contributed by atoms with Crippen molar-refractivity contribution >= 4 is 11.0 Å². The Labute approximate surface area is 119 Å². The number of benzene rings is 1. The Balaban J connectivity index is 2.07. The smallest absolute Gasteiger partial charge is 0.125 e. The van der Waals surface area contributed by atoms with Crippen molar-refractivity contribution in [2.45, 2.75) is 45.6 Å². The van der Waals surface area contributed by atoms with Crippen LogP contribution < -0.4 is 5.73 Å². The van der Waals surface area contributed by atoms with Gasteiger partial charge in [-0.3, -0.25) is 0 Å². The summed E-state index contributed by atoms with van der Waals surface area (Å²) < 4.78 is 15.6. The maximum atomic E-state index is 13.4. The summed E-state index contributed by atoms with van der Waals surface area (Å²) in [6, 6.07) is 5.18. The third-order valence-corrected chi connectivity index (χ3v) is 4.62. The van der Waals surface area contributed by atoms with Gasteiger partial charge in [0.1, 0.15) is 11.6 Å². The molecule has 1 saturated carbocycles. The average molecular weight is 275 g/mol. The fourth-order valence-electron chi connectivity index (χ4n) is 3.29. The van der Waals surface area contributed by atoms with Gasteiger partial charge in [0.15, 0.2) is 0 Å². The van der Waals surface area contributed by atoms with Crippen LogP contribution in [-0.4, -0.2) is 16.1 Å². The second-order valence-corrected chi connectivity index (χ2v) is 6.36. The Bertz CT molecular complexity index is 620. The van der Waals surface area contributed by atoms with Crippen molar-refractivity contribution in [3.8, 4) is 0 Å². The molecule has 3 nitrogen and oxygen atoms in total. The van der Waals surface area contributed by atoms with Gasteiger partial charge < -0.3 is 10.3 Å². The Morgan fingerprint density at radius 1 is 1.40 bits per heavy atom. The second kappa shape index (κ2) is 4.85. The molecule has 1 aliphatic carbocycles. The minimum absolute atomic E-state index is 0.215. The number of hydrogen-bond acceptors (Lipinski definition) is 2. The summed E-state index contributed by atoms with van der Waals surface area (Å²) in [7, 11) is 0. The Kier molecular flexibility index (Phi) is 3.28. The van der Waals surface area contributed by atoms with Crippen LogP contribution in [0, 0.1) is 11.2 Å². The zero-order chi connectivity index (χ0) is 14.3. The first-order valence-electron chi connectivity index (χ1n) is 7.41. The van der Waals surface area contributed by atoms with Crippen LogP contribution in [0.25, 0.3) is 11.0 Å². The molecule has 2 N–H and O–H groups in total. The molecule has 0 spiro atoms. The molecule has 1 aromatic heterocycles. The summed E-state index contributed by atoms with van der Waals surface area (Å²) in [5, 5.41) is 0. The first kappa shape index (κ1) is 13.6. The van der Waals surface area contributed by atoms with E-state index in [9.17, 15) is 4.39 Å². The number of rotatable bonds is 4. The van der Waals surface area contributed by atoms with Crippen molar-refractivity contribution in [2.75, 3.05) is 6.54 Å². The lowest BCUT2D eigenvalue weighted by atomic mass is 9.66. The minimum atomic E-state index is -0.227. The Hall–Kier alpha value is -1.42. The zero-order valence-corrected chi connectivity index (χ0v) is 12.2. The molecule has 0 atom stereocenters. The van der Waals surface area contributed by atoms with Crippen molar-refractivity contribution < 1.29 is 4.39 Å². The van der Waals surface area contributed by atoms with Gasteiger partial charge >= 0.3 is 0 Å². The summed E-state index contributed by atoms with van der Waals surface area (Å²) in [6.07, 6.45) is 4.52. The second-order valence-electron chi connectivity index (χ2n) is 6.36. The molecule has 4 heteroatoms. The van der Waals surface area contributed by atoms with E-state index in [1.807, 2.05) is 6.07 Å². The largest absolute Gasteiger partial charge is 0.330 e. The van der Waals surface area contributed by atoms with E-state index >= 15 is 0 Å². The van der Waals surface area contributed by atoms with Crippen LogP contribution in [-0.2, 0) is 6.42 Å². The predicted molar refractivity (Wildman–Crippen MR) is 79.1 cm³/mol. The standard InChI is InChI=1S/C16H22FN3/c1-11(2)20-14-5-4-12(17)8-13(14)19-15(20)9-16(10-18)6-3-7-16/h4-5,8,11H,3,6-7,9-10,18H2,1-2H3. The highest BCUT2D eigenvalue weighted by Gasteiger charge is 2.37. The molecule has 0 aliphatic heterocycles. The lowest BCUT2D eigenvalue weighted by molar-refractivity contribution is 0.139. The molecule has 1 fully saturated rings. The number of aromatic nitrogens is 2. The number of nitrogens with two attached hydrogens (primary N) is 1. The monoisotopic (exact) mass is 275 g/mol. The van der Waals surface area contributed by atoms with Crippen LogP contribution in [0.3, 0.4) is 0 Å². The van der Waals surface area contributed by atoms with Gasteiger partial charge in [0.05, 0.1) is 11.0 Å². The van der Waals surface area contributed by atoms with E-state index in [0.717, 1.165) is 23.3 Å². The normalized spacial score (nSPS) is 17.6. The number of hydrogen-bond donors (Lipinski definition) is 1. The van der Waals surface area contributed by atoms with E-state index in [1.165, 1.54) is 31.4 Å². The van der Waals surface area contributed by atoms with E-state index in [-0.39, 0.29) is 11.2 Å². The van der Waals surface area contributed by atoms with Gasteiger partial charge in [-0.25, -0.2) is 9.37 Å². The molecular formula is C16H22FN3. The van der Waals surface area contributed by atoms with Gasteiger partial charge in [0.2, 0.25) is 0 Å². The molecule has 2 aromatic rings. The molecule has 1 aromatic carbocycles. The van der Waals surface area contributed by atoms with Gasteiger partial charge in [-0.15, -0.1) is 0 Å². The van der Waals surface area contributed by atoms with Crippen molar-refractivity contribution in [1.82, 2.24) is 9.55 Å². The van der Waals surface area contributed by atoms with Crippen molar-refractivity contribution in [1.29, 1.82) is 0 Å². The average Bonchev–Trinajstić information content (AvgIpc) is 2.70. The third-order valence-electron chi connectivity index (χ3n) is 4.62. The summed E-state index contributed by atoms with van der Waals surface area (Å²) in [5.74, 6) is 0.820. The lowest BCUT2D eigenvalue weighted by Crippen LogP contribution is -2.40. The van der Waals surface area contributed by atoms with E-state index in [0.29, 0.717) is 12.6 Å².